The summed E-state index contributed by atoms with van der Waals surface area (Å²) in [6, 6.07) is 16.1. The second-order valence-electron chi connectivity index (χ2n) is 8.54. The van der Waals surface area contributed by atoms with Crippen LogP contribution in [0.4, 0.5) is 4.39 Å². The number of para-hydroxylation sites is 1. The van der Waals surface area contributed by atoms with Crippen molar-refractivity contribution in [1.82, 2.24) is 25.0 Å². The molecular formula is C25H30FN5O2S. The summed E-state index contributed by atoms with van der Waals surface area (Å²) in [6.07, 6.45) is 0. The van der Waals surface area contributed by atoms with E-state index in [0.717, 1.165) is 37.6 Å². The Morgan fingerprint density at radius 3 is 2.47 bits per heavy atom. The first-order valence-corrected chi connectivity index (χ1v) is 12.5. The molecule has 1 aromatic heterocycles. The van der Waals surface area contributed by atoms with Crippen molar-refractivity contribution in [3.8, 4) is 17.1 Å². The first kappa shape index (κ1) is 24.4. The van der Waals surface area contributed by atoms with Gasteiger partial charge in [-0.1, -0.05) is 43.8 Å². The van der Waals surface area contributed by atoms with Crippen molar-refractivity contribution in [2.75, 3.05) is 38.6 Å². The third-order valence-electron chi connectivity index (χ3n) is 5.88. The van der Waals surface area contributed by atoms with Crippen LogP contribution >= 0.6 is 11.8 Å². The lowest BCUT2D eigenvalue weighted by Gasteiger charge is -2.36. The molecule has 4 rings (SSSR count). The van der Waals surface area contributed by atoms with E-state index in [0.29, 0.717) is 23.4 Å². The molecule has 1 saturated heterocycles. The number of hydrogen-bond donors (Lipinski definition) is 1. The Morgan fingerprint density at radius 2 is 1.79 bits per heavy atom. The van der Waals surface area contributed by atoms with Gasteiger partial charge in [-0.3, -0.25) is 14.3 Å². The Bertz CT molecular complexity index is 1070. The van der Waals surface area contributed by atoms with Crippen molar-refractivity contribution in [2.45, 2.75) is 25.0 Å². The minimum atomic E-state index is -0.308. The molecule has 1 aliphatic heterocycles. The Hall–Kier alpha value is -2.75. The van der Waals surface area contributed by atoms with Crippen LogP contribution in [0.1, 0.15) is 13.8 Å². The number of amides is 1. The maximum atomic E-state index is 13.4. The molecule has 1 fully saturated rings. The first-order valence-electron chi connectivity index (χ1n) is 11.5. The van der Waals surface area contributed by atoms with Gasteiger partial charge >= 0.3 is 0 Å². The highest BCUT2D eigenvalue weighted by Crippen LogP contribution is 2.28. The van der Waals surface area contributed by atoms with E-state index in [1.165, 1.54) is 23.9 Å². The number of benzene rings is 2. The summed E-state index contributed by atoms with van der Waals surface area (Å²) < 4.78 is 20.8. The van der Waals surface area contributed by atoms with Crippen molar-refractivity contribution in [1.29, 1.82) is 0 Å². The van der Waals surface area contributed by atoms with Crippen LogP contribution < -0.4 is 5.32 Å². The molecule has 180 valence electrons. The Labute approximate surface area is 203 Å². The van der Waals surface area contributed by atoms with E-state index < -0.39 is 0 Å². The van der Waals surface area contributed by atoms with Gasteiger partial charge in [-0.25, -0.2) is 4.39 Å². The molecule has 3 aromatic rings. The van der Waals surface area contributed by atoms with Crippen LogP contribution in [0.3, 0.4) is 0 Å². The molecule has 2 aromatic carbocycles. The number of carbonyl (C=O) groups is 1. The molecule has 1 aliphatic rings. The van der Waals surface area contributed by atoms with E-state index in [1.54, 1.807) is 12.1 Å². The monoisotopic (exact) mass is 483 g/mol. The quantitative estimate of drug-likeness (QED) is 0.469. The van der Waals surface area contributed by atoms with Crippen molar-refractivity contribution < 1.29 is 13.9 Å². The molecule has 0 radical (unpaired) electrons. The molecule has 0 saturated carbocycles. The van der Waals surface area contributed by atoms with Gasteiger partial charge in [0.15, 0.2) is 11.0 Å². The summed E-state index contributed by atoms with van der Waals surface area (Å²) in [5.41, 5.74) is 1.63. The molecule has 7 nitrogen and oxygen atoms in total. The molecule has 1 atom stereocenters. The van der Waals surface area contributed by atoms with Crippen molar-refractivity contribution in [3.05, 3.63) is 60.4 Å². The molecule has 9 heteroatoms. The zero-order chi connectivity index (χ0) is 23.9. The number of halogens is 1. The number of nitrogens with one attached hydrogen (secondary N) is 1. The third kappa shape index (κ3) is 6.02. The zero-order valence-corrected chi connectivity index (χ0v) is 20.3. The number of aromatic nitrogens is 3. The molecule has 0 bridgehead atoms. The largest absolute Gasteiger partial charge is 0.379 e. The van der Waals surface area contributed by atoms with Gasteiger partial charge in [-0.2, -0.15) is 0 Å². The van der Waals surface area contributed by atoms with E-state index in [4.69, 9.17) is 4.74 Å². The molecule has 1 amide bonds. The van der Waals surface area contributed by atoms with Crippen molar-refractivity contribution >= 4 is 17.7 Å². The van der Waals surface area contributed by atoms with Gasteiger partial charge in [0.25, 0.3) is 0 Å². The minimum Gasteiger partial charge on any atom is -0.379 e. The molecular weight excluding hydrogens is 453 g/mol. The number of thioether (sulfide) groups is 1. The molecule has 34 heavy (non-hydrogen) atoms. The zero-order valence-electron chi connectivity index (χ0n) is 19.5. The van der Waals surface area contributed by atoms with Crippen LogP contribution in [0, 0.1) is 11.7 Å². The van der Waals surface area contributed by atoms with E-state index in [1.807, 2.05) is 34.9 Å². The predicted octanol–water partition coefficient (Wildman–Crippen LogP) is 3.64. The average Bonchev–Trinajstić information content (AvgIpc) is 3.28. The lowest BCUT2D eigenvalue weighted by Crippen LogP contribution is -2.51. The summed E-state index contributed by atoms with van der Waals surface area (Å²) in [5.74, 6) is 0.890. The minimum absolute atomic E-state index is 0.0464. The maximum Gasteiger partial charge on any atom is 0.230 e. The van der Waals surface area contributed by atoms with E-state index >= 15 is 0 Å². The van der Waals surface area contributed by atoms with Gasteiger partial charge in [0.2, 0.25) is 5.91 Å². The predicted molar refractivity (Wildman–Crippen MR) is 132 cm³/mol. The highest BCUT2D eigenvalue weighted by molar-refractivity contribution is 7.99. The van der Waals surface area contributed by atoms with E-state index in [-0.39, 0.29) is 23.5 Å². The Morgan fingerprint density at radius 1 is 1.09 bits per heavy atom. The lowest BCUT2D eigenvalue weighted by molar-refractivity contribution is -0.119. The normalized spacial score (nSPS) is 15.4. The lowest BCUT2D eigenvalue weighted by atomic mass is 10.0. The Kier molecular flexibility index (Phi) is 8.31. The van der Waals surface area contributed by atoms with Crippen LogP contribution in [-0.4, -0.2) is 70.2 Å². The number of ether oxygens (including phenoxy) is 1. The van der Waals surface area contributed by atoms with Crippen LogP contribution in [0.15, 0.2) is 59.8 Å². The van der Waals surface area contributed by atoms with Crippen LogP contribution in [-0.2, 0) is 9.53 Å². The van der Waals surface area contributed by atoms with Gasteiger partial charge in [-0.05, 0) is 42.3 Å². The van der Waals surface area contributed by atoms with Crippen molar-refractivity contribution in [2.24, 2.45) is 5.92 Å². The highest BCUT2D eigenvalue weighted by Gasteiger charge is 2.24. The van der Waals surface area contributed by atoms with Crippen LogP contribution in [0.2, 0.25) is 0 Å². The van der Waals surface area contributed by atoms with Crippen molar-refractivity contribution in [3.63, 3.8) is 0 Å². The number of morpholine rings is 1. The van der Waals surface area contributed by atoms with Crippen LogP contribution in [0.25, 0.3) is 17.1 Å². The second-order valence-corrected chi connectivity index (χ2v) is 9.48. The second kappa shape index (κ2) is 11.6. The molecule has 0 aliphatic carbocycles. The maximum absolute atomic E-state index is 13.4. The fourth-order valence-electron chi connectivity index (χ4n) is 4.05. The standard InChI is InChI=1S/C25H30FN5O2S/c1-18(2)22(30-12-14-33-15-13-30)16-27-23(32)17-34-25-29-28-24(19-8-10-20(26)11-9-19)31(25)21-6-4-3-5-7-21/h3-11,18,22H,12-17H2,1-2H3,(H,27,32). The number of rotatable bonds is 9. The van der Waals surface area contributed by atoms with Gasteiger partial charge in [0.1, 0.15) is 5.82 Å². The topological polar surface area (TPSA) is 72.3 Å². The average molecular weight is 484 g/mol. The Balaban J connectivity index is 1.45. The highest BCUT2D eigenvalue weighted by atomic mass is 32.2. The van der Waals surface area contributed by atoms with Gasteiger partial charge in [-0.15, -0.1) is 10.2 Å². The summed E-state index contributed by atoms with van der Waals surface area (Å²) in [5, 5.41) is 12.4. The molecule has 2 heterocycles. The van der Waals surface area contributed by atoms with Gasteiger partial charge in [0, 0.05) is 36.9 Å². The fraction of sp³-hybridized carbons (Fsp3) is 0.400. The fourth-order valence-corrected chi connectivity index (χ4v) is 4.84. The smallest absolute Gasteiger partial charge is 0.230 e. The van der Waals surface area contributed by atoms with E-state index in [9.17, 15) is 9.18 Å². The number of hydrogen-bond acceptors (Lipinski definition) is 6. The van der Waals surface area contributed by atoms with Crippen LogP contribution in [0.5, 0.6) is 0 Å². The van der Waals surface area contributed by atoms with Gasteiger partial charge < -0.3 is 10.1 Å². The molecule has 1 unspecified atom stereocenters. The molecule has 0 spiro atoms. The SMILES string of the molecule is CC(C)C(CNC(=O)CSc1nnc(-c2ccc(F)cc2)n1-c1ccccc1)N1CCOCC1. The van der Waals surface area contributed by atoms with Gasteiger partial charge in [0.05, 0.1) is 19.0 Å². The summed E-state index contributed by atoms with van der Waals surface area (Å²) in [4.78, 5) is 15.1. The summed E-state index contributed by atoms with van der Waals surface area (Å²) in [7, 11) is 0. The third-order valence-corrected chi connectivity index (χ3v) is 6.80. The molecule has 1 N–H and O–H groups in total. The first-order chi connectivity index (χ1) is 16.5. The van der Waals surface area contributed by atoms with E-state index in [2.05, 4.69) is 34.3 Å². The summed E-state index contributed by atoms with van der Waals surface area (Å²) in [6.45, 7) is 8.21. The summed E-state index contributed by atoms with van der Waals surface area (Å²) >= 11 is 1.33. The number of carbonyl (C=O) groups excluding carboxylic acids is 1. The number of nitrogens with zero attached hydrogens (tertiary/aromatic N) is 4.